The van der Waals surface area contributed by atoms with Crippen molar-refractivity contribution in [2.75, 3.05) is 5.32 Å². The number of nitrogens with two attached hydrogens (primary N) is 1. The average molecular weight is 366 g/mol. The van der Waals surface area contributed by atoms with Crippen molar-refractivity contribution in [3.8, 4) is 6.07 Å². The van der Waals surface area contributed by atoms with Crippen molar-refractivity contribution < 1.29 is 4.79 Å². The minimum absolute atomic E-state index is 0.141. The highest BCUT2D eigenvalue weighted by Gasteiger charge is 2.34. The summed E-state index contributed by atoms with van der Waals surface area (Å²) in [6.07, 6.45) is -0.198. The molecule has 4 N–H and O–H groups in total. The molecular weight excluding hydrogens is 355 g/mol. The summed E-state index contributed by atoms with van der Waals surface area (Å²) in [7, 11) is 0. The number of hydrogen-bond donors (Lipinski definition) is 3. The molecule has 1 aromatic carbocycles. The van der Waals surface area contributed by atoms with Crippen molar-refractivity contribution in [1.29, 1.82) is 5.26 Å². The van der Waals surface area contributed by atoms with E-state index in [-0.39, 0.29) is 11.5 Å². The van der Waals surface area contributed by atoms with Crippen LogP contribution in [0.25, 0.3) is 0 Å². The normalized spacial score (nSPS) is 12.1. The largest absolute Gasteiger partial charge is 0.370 e. The van der Waals surface area contributed by atoms with E-state index >= 15 is 0 Å². The Balaban J connectivity index is 2.74. The van der Waals surface area contributed by atoms with Crippen molar-refractivity contribution >= 4 is 63.7 Å². The van der Waals surface area contributed by atoms with Crippen LogP contribution in [0.4, 0.5) is 5.69 Å². The van der Waals surface area contributed by atoms with Crippen LogP contribution in [0.5, 0.6) is 0 Å². The first-order valence-electron chi connectivity index (χ1n) is 5.65. The smallest absolute Gasteiger partial charge is 0.219 e. The molecule has 21 heavy (non-hydrogen) atoms. The molecule has 0 aliphatic carbocycles. The second kappa shape index (κ2) is 7.66. The van der Waals surface area contributed by atoms with E-state index in [1.165, 1.54) is 0 Å². The van der Waals surface area contributed by atoms with Gasteiger partial charge in [-0.05, 0) is 30.4 Å². The van der Waals surface area contributed by atoms with Crippen molar-refractivity contribution in [2.45, 2.75) is 16.3 Å². The molecule has 9 heteroatoms. The maximum Gasteiger partial charge on any atom is 0.219 e. The molecule has 0 radical (unpaired) electrons. The molecule has 1 rings (SSSR count). The average Bonchev–Trinajstić information content (AvgIpc) is 2.36. The first kappa shape index (κ1) is 17.8. The molecule has 5 nitrogen and oxygen atoms in total. The van der Waals surface area contributed by atoms with Crippen LogP contribution in [-0.2, 0) is 4.79 Å². The number of benzene rings is 1. The minimum Gasteiger partial charge on any atom is -0.370 e. The van der Waals surface area contributed by atoms with Crippen LogP contribution in [0.15, 0.2) is 24.3 Å². The van der Waals surface area contributed by atoms with Gasteiger partial charge in [0.2, 0.25) is 9.70 Å². The van der Waals surface area contributed by atoms with Gasteiger partial charge in [0.05, 0.1) is 24.1 Å². The lowest BCUT2D eigenvalue weighted by atomic mass is 10.2. The summed E-state index contributed by atoms with van der Waals surface area (Å²) in [5, 5.41) is 14.5. The summed E-state index contributed by atoms with van der Waals surface area (Å²) in [5.41, 5.74) is 6.16. The molecule has 0 bridgehead atoms. The Morgan fingerprint density at radius 2 is 2.14 bits per heavy atom. The Morgan fingerprint density at radius 3 is 2.67 bits per heavy atom. The number of rotatable bonds is 4. The van der Waals surface area contributed by atoms with Gasteiger partial charge < -0.3 is 16.4 Å². The number of alkyl halides is 3. The minimum atomic E-state index is -1.75. The van der Waals surface area contributed by atoms with E-state index in [9.17, 15) is 4.79 Å². The number of nitriles is 1. The molecule has 1 aromatic rings. The highest BCUT2D eigenvalue weighted by atomic mass is 35.6. The lowest BCUT2D eigenvalue weighted by Crippen LogP contribution is -2.47. The predicted octanol–water partition coefficient (Wildman–Crippen LogP) is 2.46. The van der Waals surface area contributed by atoms with E-state index in [0.717, 1.165) is 0 Å². The van der Waals surface area contributed by atoms with Gasteiger partial charge in [-0.3, -0.25) is 4.79 Å². The van der Waals surface area contributed by atoms with Crippen LogP contribution in [0.2, 0.25) is 0 Å². The Bertz CT molecular complexity index is 583. The van der Waals surface area contributed by atoms with Crippen molar-refractivity contribution in [2.24, 2.45) is 5.73 Å². The predicted molar refractivity (Wildman–Crippen MR) is 88.4 cm³/mol. The second-order valence-corrected chi connectivity index (χ2v) is 6.83. The summed E-state index contributed by atoms with van der Waals surface area (Å²) in [6.45, 7) is 0. The maximum absolute atomic E-state index is 11.0. The topological polar surface area (TPSA) is 90.9 Å². The van der Waals surface area contributed by atoms with E-state index in [0.29, 0.717) is 11.3 Å². The van der Waals surface area contributed by atoms with Gasteiger partial charge in [-0.15, -0.1) is 0 Å². The van der Waals surface area contributed by atoms with E-state index in [2.05, 4.69) is 10.6 Å². The maximum atomic E-state index is 11.0. The van der Waals surface area contributed by atoms with E-state index in [1.807, 2.05) is 6.07 Å². The van der Waals surface area contributed by atoms with Gasteiger partial charge in [0.25, 0.3) is 0 Å². The van der Waals surface area contributed by atoms with Crippen LogP contribution >= 0.6 is 47.0 Å². The highest BCUT2D eigenvalue weighted by molar-refractivity contribution is 7.80. The molecule has 0 saturated carbocycles. The summed E-state index contributed by atoms with van der Waals surface area (Å²) < 4.78 is -1.75. The summed E-state index contributed by atoms with van der Waals surface area (Å²) in [6, 6.07) is 7.79. The third-order valence-corrected chi connectivity index (χ3v) is 3.37. The number of nitrogens with one attached hydrogen (secondary N) is 2. The molecule has 0 spiro atoms. The Labute approximate surface area is 142 Å². The number of carbonyl (C=O) groups is 1. The molecule has 0 aliphatic heterocycles. The van der Waals surface area contributed by atoms with Crippen LogP contribution < -0.4 is 16.4 Å². The fraction of sp³-hybridized carbons (Fsp3) is 0.250. The number of nitrogens with zero attached hydrogens (tertiary/aromatic N) is 1. The van der Waals surface area contributed by atoms with Crippen molar-refractivity contribution in [3.63, 3.8) is 0 Å². The number of anilines is 1. The quantitative estimate of drug-likeness (QED) is 0.563. The van der Waals surface area contributed by atoms with E-state index < -0.39 is 15.7 Å². The molecule has 0 heterocycles. The first-order valence-corrected chi connectivity index (χ1v) is 7.19. The number of thiocarbonyl (C=S) groups is 1. The van der Waals surface area contributed by atoms with Gasteiger partial charge in [-0.2, -0.15) is 5.26 Å². The SMILES string of the molecule is N#Cc1cccc(NC(=S)NC(CC(N)=O)C(Cl)(Cl)Cl)c1. The second-order valence-electron chi connectivity index (χ2n) is 4.06. The van der Waals surface area contributed by atoms with Crippen molar-refractivity contribution in [3.05, 3.63) is 29.8 Å². The van der Waals surface area contributed by atoms with E-state index in [4.69, 9.17) is 58.0 Å². The first-order chi connectivity index (χ1) is 9.72. The Kier molecular flexibility index (Phi) is 6.49. The highest BCUT2D eigenvalue weighted by Crippen LogP contribution is 2.31. The number of carbonyl (C=O) groups excluding carboxylic acids is 1. The fourth-order valence-electron chi connectivity index (χ4n) is 1.44. The van der Waals surface area contributed by atoms with E-state index in [1.54, 1.807) is 24.3 Å². The van der Waals surface area contributed by atoms with Gasteiger partial charge in [-0.25, -0.2) is 0 Å². The van der Waals surface area contributed by atoms with Gasteiger partial charge >= 0.3 is 0 Å². The summed E-state index contributed by atoms with van der Waals surface area (Å²) >= 11 is 22.4. The fourth-order valence-corrected chi connectivity index (χ4v) is 2.10. The Hall–Kier alpha value is -1.26. The summed E-state index contributed by atoms with van der Waals surface area (Å²) in [5.74, 6) is -0.631. The third-order valence-electron chi connectivity index (χ3n) is 2.36. The number of halogens is 3. The molecule has 112 valence electrons. The number of hydrogen-bond acceptors (Lipinski definition) is 3. The molecule has 0 saturated heterocycles. The van der Waals surface area contributed by atoms with Crippen LogP contribution in [0.1, 0.15) is 12.0 Å². The molecule has 0 aromatic heterocycles. The molecule has 1 amide bonds. The molecule has 1 atom stereocenters. The van der Waals surface area contributed by atoms with Gasteiger partial charge in [0.1, 0.15) is 0 Å². The Morgan fingerprint density at radius 1 is 1.48 bits per heavy atom. The van der Waals surface area contributed by atoms with Crippen LogP contribution in [0, 0.1) is 11.3 Å². The van der Waals surface area contributed by atoms with Crippen molar-refractivity contribution in [1.82, 2.24) is 5.32 Å². The van der Waals surface area contributed by atoms with Gasteiger partial charge in [-0.1, -0.05) is 40.9 Å². The number of amides is 1. The monoisotopic (exact) mass is 364 g/mol. The van der Waals surface area contributed by atoms with Crippen LogP contribution in [-0.4, -0.2) is 20.9 Å². The number of primary amides is 1. The molecular formula is C12H11Cl3N4OS. The molecule has 1 unspecified atom stereocenters. The lowest BCUT2D eigenvalue weighted by Gasteiger charge is -2.25. The zero-order valence-electron chi connectivity index (χ0n) is 10.6. The van der Waals surface area contributed by atoms with Gasteiger partial charge in [0, 0.05) is 5.69 Å². The molecule has 0 aliphatic rings. The van der Waals surface area contributed by atoms with Crippen LogP contribution in [0.3, 0.4) is 0 Å². The van der Waals surface area contributed by atoms with Gasteiger partial charge in [0.15, 0.2) is 5.11 Å². The zero-order valence-corrected chi connectivity index (χ0v) is 13.7. The standard InChI is InChI=1S/C12H11Cl3N4OS/c13-12(14,15)9(5-10(17)20)19-11(21)18-8-3-1-2-7(4-8)6-16/h1-4,9H,5H2,(H2,17,20)(H2,18,19,21). The zero-order chi connectivity index (χ0) is 16.0. The third kappa shape index (κ3) is 6.36. The lowest BCUT2D eigenvalue weighted by molar-refractivity contribution is -0.118. The molecule has 0 fully saturated rings. The summed E-state index contributed by atoms with van der Waals surface area (Å²) in [4.78, 5) is 11.0.